The van der Waals surface area contributed by atoms with Crippen molar-refractivity contribution in [3.63, 3.8) is 0 Å². The smallest absolute Gasteiger partial charge is 0.315 e. The first-order chi connectivity index (χ1) is 10.4. The first-order valence-corrected chi connectivity index (χ1v) is 9.31. The van der Waals surface area contributed by atoms with Crippen molar-refractivity contribution in [2.45, 2.75) is 31.3 Å². The third-order valence-electron chi connectivity index (χ3n) is 3.16. The van der Waals surface area contributed by atoms with Gasteiger partial charge in [-0.15, -0.1) is 11.6 Å². The molecule has 0 heterocycles. The van der Waals surface area contributed by atoms with Gasteiger partial charge < -0.3 is 4.74 Å². The van der Waals surface area contributed by atoms with Crippen LogP contribution in [0.5, 0.6) is 0 Å². The fourth-order valence-electron chi connectivity index (χ4n) is 2.22. The molecule has 0 spiro atoms. The summed E-state index contributed by atoms with van der Waals surface area (Å²) in [6.45, 7) is 0. The van der Waals surface area contributed by atoms with Gasteiger partial charge in [0.1, 0.15) is 5.92 Å². The number of halogens is 1. The fraction of sp³-hybridized carbons (Fsp3) is 0.533. The Hall–Kier alpha value is -1.11. The van der Waals surface area contributed by atoms with Gasteiger partial charge in [-0.2, -0.15) is 8.42 Å². The van der Waals surface area contributed by atoms with Crippen LogP contribution in [0.1, 0.15) is 30.7 Å². The molecule has 0 unspecified atom stereocenters. The van der Waals surface area contributed by atoms with Gasteiger partial charge in [0.2, 0.25) is 0 Å². The third kappa shape index (κ3) is 6.34. The van der Waals surface area contributed by atoms with Gasteiger partial charge in [-0.05, 0) is 24.8 Å². The van der Waals surface area contributed by atoms with Crippen LogP contribution in [0, 0.1) is 0 Å². The van der Waals surface area contributed by atoms with E-state index in [1.165, 1.54) is 7.11 Å². The Kier molecular flexibility index (Phi) is 7.85. The molecule has 0 aliphatic rings. The van der Waals surface area contributed by atoms with Gasteiger partial charge in [-0.25, -0.2) is 0 Å². The summed E-state index contributed by atoms with van der Waals surface area (Å²) in [6.07, 6.45) is 1.93. The van der Waals surface area contributed by atoms with Crippen LogP contribution in [-0.2, 0) is 23.8 Å². The van der Waals surface area contributed by atoms with Crippen molar-refractivity contribution in [1.29, 1.82) is 0 Å². The highest BCUT2D eigenvalue weighted by molar-refractivity contribution is 7.86. The maximum Gasteiger partial charge on any atom is 0.315 e. The summed E-state index contributed by atoms with van der Waals surface area (Å²) in [7, 11) is -2.42. The molecule has 0 bridgehead atoms. The van der Waals surface area contributed by atoms with Crippen molar-refractivity contribution in [2.24, 2.45) is 0 Å². The number of methoxy groups -OCH3 is 1. The highest BCUT2D eigenvalue weighted by Crippen LogP contribution is 2.28. The van der Waals surface area contributed by atoms with Gasteiger partial charge in [0, 0.05) is 5.88 Å². The minimum atomic E-state index is -3.70. The molecule has 0 aliphatic carbocycles. The zero-order valence-corrected chi connectivity index (χ0v) is 14.3. The number of rotatable bonds is 9. The normalized spacial score (nSPS) is 14.3. The molecule has 0 aromatic heterocycles. The Labute approximate surface area is 136 Å². The van der Waals surface area contributed by atoms with Gasteiger partial charge in [-0.1, -0.05) is 30.3 Å². The van der Waals surface area contributed by atoms with Crippen molar-refractivity contribution >= 4 is 27.7 Å². The molecule has 0 saturated heterocycles. The van der Waals surface area contributed by atoms with Gasteiger partial charge in [0.15, 0.2) is 0 Å². The second kappa shape index (κ2) is 9.12. The molecular weight excluding hydrogens is 328 g/mol. The number of unbranched alkanes of at least 4 members (excludes halogenated alkanes) is 1. The van der Waals surface area contributed by atoms with E-state index in [1.54, 1.807) is 24.3 Å². The molecule has 0 radical (unpaired) electrons. The number of benzene rings is 1. The summed E-state index contributed by atoms with van der Waals surface area (Å²) in [5.41, 5.74) is 0.661. The van der Waals surface area contributed by atoms with Crippen molar-refractivity contribution in [1.82, 2.24) is 0 Å². The van der Waals surface area contributed by atoms with Crippen LogP contribution in [0.15, 0.2) is 30.3 Å². The van der Waals surface area contributed by atoms with Crippen molar-refractivity contribution in [2.75, 3.05) is 19.2 Å². The second-order valence-corrected chi connectivity index (χ2v) is 6.91. The van der Waals surface area contributed by atoms with Gasteiger partial charge in [0.05, 0.1) is 19.5 Å². The molecule has 7 heteroatoms. The number of carbonyl (C=O) groups excluding carboxylic acids is 1. The Morgan fingerprint density at radius 3 is 2.36 bits per heavy atom. The molecular formula is C15H21ClO5S. The van der Waals surface area contributed by atoms with E-state index in [4.69, 9.17) is 20.5 Å². The van der Waals surface area contributed by atoms with E-state index < -0.39 is 28.1 Å². The Bertz CT molecular complexity index is 559. The van der Waals surface area contributed by atoms with Gasteiger partial charge in [-0.3, -0.25) is 8.98 Å². The van der Waals surface area contributed by atoms with Crippen LogP contribution in [0.4, 0.5) is 0 Å². The van der Waals surface area contributed by atoms with E-state index in [-0.39, 0.29) is 0 Å². The second-order valence-electron chi connectivity index (χ2n) is 4.94. The van der Waals surface area contributed by atoms with Crippen LogP contribution < -0.4 is 0 Å². The molecule has 1 aromatic carbocycles. The van der Waals surface area contributed by atoms with Crippen molar-refractivity contribution in [3.8, 4) is 0 Å². The summed E-state index contributed by atoms with van der Waals surface area (Å²) < 4.78 is 33.0. The number of ether oxygens (including phenoxy) is 1. The van der Waals surface area contributed by atoms with Crippen LogP contribution >= 0.6 is 11.6 Å². The highest BCUT2D eigenvalue weighted by atomic mass is 35.5. The third-order valence-corrected chi connectivity index (χ3v) is 4.02. The number of alkyl halides is 1. The Morgan fingerprint density at radius 1 is 1.23 bits per heavy atom. The largest absolute Gasteiger partial charge is 0.468 e. The molecule has 2 atom stereocenters. The number of hydrogen-bond donors (Lipinski definition) is 0. The highest BCUT2D eigenvalue weighted by Gasteiger charge is 2.33. The lowest BCUT2D eigenvalue weighted by molar-refractivity contribution is -0.144. The molecule has 0 N–H and O–H groups in total. The first-order valence-electron chi connectivity index (χ1n) is 6.96. The van der Waals surface area contributed by atoms with E-state index in [2.05, 4.69) is 0 Å². The molecule has 1 rings (SSSR count). The minimum absolute atomic E-state index is 0.397. The van der Waals surface area contributed by atoms with E-state index in [0.29, 0.717) is 30.7 Å². The Balaban J connectivity index is 3.09. The van der Waals surface area contributed by atoms with E-state index in [0.717, 1.165) is 6.26 Å². The summed E-state index contributed by atoms with van der Waals surface area (Å²) in [5, 5.41) is 0. The van der Waals surface area contributed by atoms with E-state index >= 15 is 0 Å². The fourth-order valence-corrected chi connectivity index (χ4v) is 3.07. The Morgan fingerprint density at radius 2 is 1.86 bits per heavy atom. The summed E-state index contributed by atoms with van der Waals surface area (Å²) >= 11 is 5.65. The molecule has 124 valence electrons. The molecule has 5 nitrogen and oxygen atoms in total. The van der Waals surface area contributed by atoms with Crippen LogP contribution in [0.2, 0.25) is 0 Å². The topological polar surface area (TPSA) is 69.7 Å². The predicted molar refractivity (Wildman–Crippen MR) is 85.5 cm³/mol. The average Bonchev–Trinajstić information content (AvgIpc) is 2.47. The maximum absolute atomic E-state index is 12.1. The molecule has 0 saturated carbocycles. The van der Waals surface area contributed by atoms with E-state index in [9.17, 15) is 13.2 Å². The van der Waals surface area contributed by atoms with Gasteiger partial charge >= 0.3 is 5.97 Å². The zero-order valence-electron chi connectivity index (χ0n) is 12.7. The summed E-state index contributed by atoms with van der Waals surface area (Å²) in [6, 6.07) is 8.88. The molecule has 0 amide bonds. The SMILES string of the molecule is COC(=O)[C@H](c1ccccc1)[C@H](CCCCCl)OS(C)(=O)=O. The maximum atomic E-state index is 12.1. The van der Waals surface area contributed by atoms with E-state index in [1.807, 2.05) is 6.07 Å². The van der Waals surface area contributed by atoms with Crippen molar-refractivity contribution < 1.29 is 22.1 Å². The molecule has 0 aliphatic heterocycles. The summed E-state index contributed by atoms with van der Waals surface area (Å²) in [4.78, 5) is 12.1. The lowest BCUT2D eigenvalue weighted by Crippen LogP contribution is -2.31. The summed E-state index contributed by atoms with van der Waals surface area (Å²) in [5.74, 6) is -0.846. The van der Waals surface area contributed by atoms with Crippen molar-refractivity contribution in [3.05, 3.63) is 35.9 Å². The lowest BCUT2D eigenvalue weighted by atomic mass is 9.90. The molecule has 1 aromatic rings. The van der Waals surface area contributed by atoms with Gasteiger partial charge in [0.25, 0.3) is 10.1 Å². The number of esters is 1. The van der Waals surface area contributed by atoms with Crippen LogP contribution in [0.3, 0.4) is 0 Å². The van der Waals surface area contributed by atoms with Crippen LogP contribution in [0.25, 0.3) is 0 Å². The minimum Gasteiger partial charge on any atom is -0.468 e. The van der Waals surface area contributed by atoms with Crippen LogP contribution in [-0.4, -0.2) is 39.7 Å². The molecule has 0 fully saturated rings. The first kappa shape index (κ1) is 18.9. The quantitative estimate of drug-likeness (QED) is 0.297. The molecule has 22 heavy (non-hydrogen) atoms. The number of carbonyl (C=O) groups is 1. The predicted octanol–water partition coefficient (Wildman–Crippen LogP) is 2.70. The average molecular weight is 349 g/mol. The zero-order chi connectivity index (χ0) is 16.6. The lowest BCUT2D eigenvalue weighted by Gasteiger charge is -2.24. The number of hydrogen-bond acceptors (Lipinski definition) is 5. The standard InChI is InChI=1S/C15H21ClO5S/c1-20-15(17)14(12-8-4-3-5-9-12)13(10-6-7-11-16)21-22(2,18)19/h3-5,8-9,13-14H,6-7,10-11H2,1-2H3/t13-,14+/m0/s1. The monoisotopic (exact) mass is 348 g/mol.